The van der Waals surface area contributed by atoms with Crippen LogP contribution in [0.15, 0.2) is 48.5 Å². The molecular formula is C28H38O2. The van der Waals surface area contributed by atoms with Crippen LogP contribution in [0.5, 0.6) is 5.75 Å². The van der Waals surface area contributed by atoms with Crippen molar-refractivity contribution < 1.29 is 9.47 Å². The molecule has 0 heterocycles. The van der Waals surface area contributed by atoms with Crippen LogP contribution in [0.2, 0.25) is 0 Å². The molecular weight excluding hydrogens is 368 g/mol. The fourth-order valence-corrected chi connectivity index (χ4v) is 5.53. The van der Waals surface area contributed by atoms with Crippen molar-refractivity contribution in [2.75, 3.05) is 7.11 Å². The summed E-state index contributed by atoms with van der Waals surface area (Å²) in [5.74, 6) is 2.53. The second-order valence-electron chi connectivity index (χ2n) is 9.44. The molecule has 30 heavy (non-hydrogen) atoms. The summed E-state index contributed by atoms with van der Waals surface area (Å²) in [4.78, 5) is 0. The number of hydrogen-bond acceptors (Lipinski definition) is 2. The highest BCUT2D eigenvalue weighted by Gasteiger charge is 2.23. The lowest BCUT2D eigenvalue weighted by atomic mass is 9.80. The zero-order valence-corrected chi connectivity index (χ0v) is 18.8. The minimum absolute atomic E-state index is 0.345. The molecule has 2 aliphatic carbocycles. The molecule has 0 amide bonds. The third-order valence-electron chi connectivity index (χ3n) is 7.40. The Hall–Kier alpha value is -1.80. The van der Waals surface area contributed by atoms with Gasteiger partial charge in [-0.15, -0.1) is 0 Å². The first-order valence-electron chi connectivity index (χ1n) is 12.1. The van der Waals surface area contributed by atoms with E-state index in [2.05, 4.69) is 55.5 Å². The van der Waals surface area contributed by atoms with Crippen LogP contribution in [-0.4, -0.2) is 19.3 Å². The molecule has 2 saturated carbocycles. The first-order chi connectivity index (χ1) is 14.7. The molecule has 2 nitrogen and oxygen atoms in total. The van der Waals surface area contributed by atoms with Crippen molar-refractivity contribution in [1.29, 1.82) is 0 Å². The fraction of sp³-hybridized carbons (Fsp3) is 0.571. The maximum absolute atomic E-state index is 6.37. The Morgan fingerprint density at radius 1 is 0.667 bits per heavy atom. The normalized spacial score (nSPS) is 27.8. The summed E-state index contributed by atoms with van der Waals surface area (Å²) >= 11 is 0. The van der Waals surface area contributed by atoms with E-state index in [0.717, 1.165) is 37.4 Å². The van der Waals surface area contributed by atoms with Crippen LogP contribution < -0.4 is 4.74 Å². The van der Waals surface area contributed by atoms with Crippen molar-refractivity contribution in [3.8, 4) is 5.75 Å². The predicted molar refractivity (Wildman–Crippen MR) is 124 cm³/mol. The number of methoxy groups -OCH3 is 1. The molecule has 2 aromatic carbocycles. The third-order valence-corrected chi connectivity index (χ3v) is 7.40. The molecule has 2 aliphatic rings. The van der Waals surface area contributed by atoms with Crippen LogP contribution in [0.3, 0.4) is 0 Å². The number of rotatable bonds is 5. The minimum Gasteiger partial charge on any atom is -0.490 e. The van der Waals surface area contributed by atoms with Crippen molar-refractivity contribution in [1.82, 2.24) is 0 Å². The minimum atomic E-state index is 0.345. The van der Waals surface area contributed by atoms with Gasteiger partial charge in [0, 0.05) is 7.11 Å². The Bertz CT molecular complexity index is 766. The zero-order chi connectivity index (χ0) is 20.8. The van der Waals surface area contributed by atoms with Gasteiger partial charge in [-0.1, -0.05) is 55.3 Å². The van der Waals surface area contributed by atoms with Crippen LogP contribution in [0, 0.1) is 6.92 Å². The van der Waals surface area contributed by atoms with E-state index in [1.807, 2.05) is 7.11 Å². The van der Waals surface area contributed by atoms with E-state index in [1.165, 1.54) is 55.2 Å². The van der Waals surface area contributed by atoms with Gasteiger partial charge >= 0.3 is 0 Å². The molecule has 0 atom stereocenters. The van der Waals surface area contributed by atoms with Crippen LogP contribution in [0.25, 0.3) is 0 Å². The lowest BCUT2D eigenvalue weighted by Gasteiger charge is -2.29. The summed E-state index contributed by atoms with van der Waals surface area (Å²) in [6.07, 6.45) is 13.1. The summed E-state index contributed by atoms with van der Waals surface area (Å²) in [5, 5.41) is 0. The van der Waals surface area contributed by atoms with E-state index >= 15 is 0 Å². The molecule has 0 radical (unpaired) electrons. The van der Waals surface area contributed by atoms with Gasteiger partial charge in [0.15, 0.2) is 0 Å². The molecule has 4 rings (SSSR count). The monoisotopic (exact) mass is 406 g/mol. The standard InChI is InChI=1S/C28H38O2/c1-21-20-25(14-19-28(21)30-27-17-15-26(29-2)16-18-27)24-12-6-10-23(11-7-13-24)22-8-4-3-5-9-22/h3-5,8-9,14,19-20,23-24,26-27H,6-7,10-13,15-18H2,1-2H3. The van der Waals surface area contributed by atoms with Crippen molar-refractivity contribution in [3.05, 3.63) is 65.2 Å². The lowest BCUT2D eigenvalue weighted by Crippen LogP contribution is -2.27. The number of benzene rings is 2. The van der Waals surface area contributed by atoms with Gasteiger partial charge in [-0.2, -0.15) is 0 Å². The molecule has 0 aliphatic heterocycles. The highest BCUT2D eigenvalue weighted by atomic mass is 16.5. The van der Waals surface area contributed by atoms with Crippen molar-refractivity contribution in [2.24, 2.45) is 0 Å². The van der Waals surface area contributed by atoms with Crippen LogP contribution in [0.1, 0.15) is 92.7 Å². The number of aryl methyl sites for hydroxylation is 1. The molecule has 2 heteroatoms. The highest BCUT2D eigenvalue weighted by molar-refractivity contribution is 5.38. The molecule has 0 bridgehead atoms. The highest BCUT2D eigenvalue weighted by Crippen LogP contribution is 2.38. The second-order valence-corrected chi connectivity index (χ2v) is 9.44. The van der Waals surface area contributed by atoms with E-state index in [1.54, 1.807) is 0 Å². The first kappa shape index (κ1) is 21.4. The van der Waals surface area contributed by atoms with Crippen LogP contribution in [-0.2, 0) is 4.74 Å². The van der Waals surface area contributed by atoms with Gasteiger partial charge in [0.25, 0.3) is 0 Å². The smallest absolute Gasteiger partial charge is 0.122 e. The topological polar surface area (TPSA) is 18.5 Å². The van der Waals surface area contributed by atoms with E-state index in [-0.39, 0.29) is 0 Å². The molecule has 162 valence electrons. The maximum atomic E-state index is 6.37. The Morgan fingerprint density at radius 2 is 1.27 bits per heavy atom. The van der Waals surface area contributed by atoms with Gasteiger partial charge in [0.05, 0.1) is 12.2 Å². The first-order valence-corrected chi connectivity index (χ1v) is 12.1. The average molecular weight is 407 g/mol. The molecule has 0 N–H and O–H groups in total. The van der Waals surface area contributed by atoms with Gasteiger partial charge in [-0.05, 0) is 92.9 Å². The van der Waals surface area contributed by atoms with Crippen LogP contribution in [0.4, 0.5) is 0 Å². The summed E-state index contributed by atoms with van der Waals surface area (Å²) < 4.78 is 11.9. The van der Waals surface area contributed by atoms with Gasteiger partial charge in [0.1, 0.15) is 5.75 Å². The molecule has 0 saturated heterocycles. The van der Waals surface area contributed by atoms with Gasteiger partial charge in [-0.3, -0.25) is 0 Å². The van der Waals surface area contributed by atoms with Crippen molar-refractivity contribution in [3.63, 3.8) is 0 Å². The zero-order valence-electron chi connectivity index (χ0n) is 18.8. The van der Waals surface area contributed by atoms with E-state index in [0.29, 0.717) is 18.1 Å². The number of hydrogen-bond donors (Lipinski definition) is 0. The lowest BCUT2D eigenvalue weighted by molar-refractivity contribution is 0.0325. The van der Waals surface area contributed by atoms with E-state index < -0.39 is 0 Å². The van der Waals surface area contributed by atoms with E-state index in [9.17, 15) is 0 Å². The molecule has 2 fully saturated rings. The maximum Gasteiger partial charge on any atom is 0.122 e. The number of ether oxygens (including phenoxy) is 2. The SMILES string of the molecule is COC1CCC(Oc2ccc(C3CCCC(c4ccccc4)CCC3)cc2C)CC1. The Labute approximate surface area is 183 Å². The largest absolute Gasteiger partial charge is 0.490 e. The Balaban J connectivity index is 1.33. The predicted octanol–water partition coefficient (Wildman–Crippen LogP) is 7.55. The molecule has 0 unspecified atom stereocenters. The molecule has 0 aromatic heterocycles. The Kier molecular flexibility index (Phi) is 7.49. The van der Waals surface area contributed by atoms with Crippen LogP contribution >= 0.6 is 0 Å². The summed E-state index contributed by atoms with van der Waals surface area (Å²) in [5.41, 5.74) is 4.35. The van der Waals surface area contributed by atoms with Gasteiger partial charge in [0.2, 0.25) is 0 Å². The van der Waals surface area contributed by atoms with E-state index in [4.69, 9.17) is 9.47 Å². The summed E-state index contributed by atoms with van der Waals surface area (Å²) in [6, 6.07) is 18.1. The third kappa shape index (κ3) is 5.46. The summed E-state index contributed by atoms with van der Waals surface area (Å²) in [6.45, 7) is 2.22. The quantitative estimate of drug-likeness (QED) is 0.510. The fourth-order valence-electron chi connectivity index (χ4n) is 5.53. The molecule has 2 aromatic rings. The summed E-state index contributed by atoms with van der Waals surface area (Å²) in [7, 11) is 1.83. The Morgan fingerprint density at radius 3 is 1.87 bits per heavy atom. The van der Waals surface area contributed by atoms with Crippen molar-refractivity contribution >= 4 is 0 Å². The molecule has 0 spiro atoms. The van der Waals surface area contributed by atoms with Gasteiger partial charge in [-0.25, -0.2) is 0 Å². The van der Waals surface area contributed by atoms with Gasteiger partial charge < -0.3 is 9.47 Å². The second kappa shape index (κ2) is 10.5. The van der Waals surface area contributed by atoms with Crippen molar-refractivity contribution in [2.45, 2.75) is 95.2 Å². The average Bonchev–Trinajstić information content (AvgIpc) is 2.76.